The highest BCUT2D eigenvalue weighted by atomic mass is 15.1. The lowest BCUT2D eigenvalue weighted by molar-refractivity contribution is 0.678. The fraction of sp³-hybridized carbons (Fsp3) is 0.378. The first-order valence-electron chi connectivity index (χ1n) is 18.1. The largest absolute Gasteiger partial charge is 0.372 e. The standard InChI is InChI=1S/C45H52N2/c1-5-9-33-46(34-10-6-2)39-25-21-37(22-26-39)29-31-45(43-19-15-13-17-41(43)42-18-14-16-20-44(42)45)32-30-38-23-27-40(28-24-38)47(35-11-7-3)36-12-8-4/h13-28H,5-12,33-36H2,1-4H3. The molecular formula is C45H52N2. The predicted octanol–water partition coefficient (Wildman–Crippen LogP) is 10.9. The van der Waals surface area contributed by atoms with E-state index in [4.69, 9.17) is 0 Å². The molecule has 1 aliphatic rings. The Morgan fingerprint density at radius 2 is 0.787 bits per heavy atom. The Kier molecular flexibility index (Phi) is 12.2. The van der Waals surface area contributed by atoms with E-state index in [2.05, 4.69) is 158 Å². The predicted molar refractivity (Wildman–Crippen MR) is 203 cm³/mol. The Balaban J connectivity index is 1.51. The maximum atomic E-state index is 3.74. The van der Waals surface area contributed by atoms with Crippen molar-refractivity contribution in [2.75, 3.05) is 36.0 Å². The number of fused-ring (bicyclic) bond motifs is 3. The second-order valence-corrected chi connectivity index (χ2v) is 12.8. The Labute approximate surface area is 285 Å². The first-order valence-corrected chi connectivity index (χ1v) is 18.1. The summed E-state index contributed by atoms with van der Waals surface area (Å²) in [5.41, 5.74) is 8.69. The molecule has 0 saturated carbocycles. The molecule has 2 heteroatoms. The molecule has 0 bridgehead atoms. The van der Waals surface area contributed by atoms with Gasteiger partial charge in [-0.1, -0.05) is 126 Å². The van der Waals surface area contributed by atoms with E-state index in [1.165, 1.54) is 85.0 Å². The van der Waals surface area contributed by atoms with Gasteiger partial charge in [-0.05, 0) is 96.5 Å². The number of unbranched alkanes of at least 4 members (excludes halogenated alkanes) is 4. The van der Waals surface area contributed by atoms with E-state index in [9.17, 15) is 0 Å². The smallest absolute Gasteiger partial charge is 0.143 e. The van der Waals surface area contributed by atoms with Gasteiger partial charge in [0.15, 0.2) is 0 Å². The van der Waals surface area contributed by atoms with Gasteiger partial charge in [0, 0.05) is 48.7 Å². The highest BCUT2D eigenvalue weighted by molar-refractivity contribution is 5.86. The van der Waals surface area contributed by atoms with Crippen LogP contribution in [-0.4, -0.2) is 26.2 Å². The van der Waals surface area contributed by atoms with Gasteiger partial charge >= 0.3 is 0 Å². The Bertz CT molecular complexity index is 1550. The third-order valence-corrected chi connectivity index (χ3v) is 9.33. The molecule has 47 heavy (non-hydrogen) atoms. The molecule has 0 spiro atoms. The van der Waals surface area contributed by atoms with Crippen molar-refractivity contribution in [1.29, 1.82) is 0 Å². The van der Waals surface area contributed by atoms with Crippen molar-refractivity contribution in [1.82, 2.24) is 0 Å². The molecule has 0 amide bonds. The van der Waals surface area contributed by atoms with E-state index in [0.29, 0.717) is 0 Å². The van der Waals surface area contributed by atoms with Crippen LogP contribution in [0.4, 0.5) is 11.4 Å². The Hall–Kier alpha value is -4.40. The molecule has 0 aliphatic heterocycles. The van der Waals surface area contributed by atoms with Crippen molar-refractivity contribution in [2.45, 2.75) is 84.5 Å². The minimum atomic E-state index is -0.715. The van der Waals surface area contributed by atoms with Gasteiger partial charge in [0.2, 0.25) is 0 Å². The molecule has 0 fully saturated rings. The van der Waals surface area contributed by atoms with Crippen molar-refractivity contribution in [3.05, 3.63) is 119 Å². The average Bonchev–Trinajstić information content (AvgIpc) is 3.40. The van der Waals surface area contributed by atoms with E-state index < -0.39 is 5.41 Å². The Morgan fingerprint density at radius 1 is 0.447 bits per heavy atom. The normalized spacial score (nSPS) is 12.3. The molecule has 0 saturated heterocycles. The van der Waals surface area contributed by atoms with Crippen LogP contribution < -0.4 is 9.80 Å². The van der Waals surface area contributed by atoms with Crippen molar-refractivity contribution in [3.63, 3.8) is 0 Å². The van der Waals surface area contributed by atoms with E-state index in [0.717, 1.165) is 37.3 Å². The third kappa shape index (κ3) is 8.13. The quantitative estimate of drug-likeness (QED) is 0.129. The van der Waals surface area contributed by atoms with E-state index in [-0.39, 0.29) is 0 Å². The van der Waals surface area contributed by atoms with Crippen LogP contribution in [0.3, 0.4) is 0 Å². The summed E-state index contributed by atoms with van der Waals surface area (Å²) < 4.78 is 0. The van der Waals surface area contributed by atoms with Crippen LogP contribution in [0.2, 0.25) is 0 Å². The van der Waals surface area contributed by atoms with Gasteiger partial charge in [-0.3, -0.25) is 0 Å². The van der Waals surface area contributed by atoms with Crippen molar-refractivity contribution >= 4 is 11.4 Å². The molecule has 0 atom stereocenters. The molecule has 0 unspecified atom stereocenters. The molecule has 4 aromatic rings. The van der Waals surface area contributed by atoms with E-state index in [1.54, 1.807) is 0 Å². The number of rotatable bonds is 14. The van der Waals surface area contributed by atoms with Crippen LogP contribution in [0, 0.1) is 23.7 Å². The molecule has 0 radical (unpaired) electrons. The molecule has 1 aliphatic carbocycles. The van der Waals surface area contributed by atoms with Crippen LogP contribution in [0.15, 0.2) is 97.1 Å². The van der Waals surface area contributed by atoms with Gasteiger partial charge < -0.3 is 9.80 Å². The van der Waals surface area contributed by atoms with Gasteiger partial charge in [0.1, 0.15) is 5.41 Å². The average molecular weight is 621 g/mol. The lowest BCUT2D eigenvalue weighted by Gasteiger charge is -2.24. The zero-order chi connectivity index (χ0) is 32.9. The van der Waals surface area contributed by atoms with E-state index in [1.807, 2.05) is 0 Å². The monoisotopic (exact) mass is 620 g/mol. The summed E-state index contributed by atoms with van der Waals surface area (Å²) in [4.78, 5) is 5.05. The summed E-state index contributed by atoms with van der Waals surface area (Å²) in [6.07, 6.45) is 9.68. The van der Waals surface area contributed by atoms with Crippen molar-refractivity contribution in [3.8, 4) is 34.8 Å². The van der Waals surface area contributed by atoms with Gasteiger partial charge in [0.25, 0.3) is 0 Å². The summed E-state index contributed by atoms with van der Waals surface area (Å²) in [5, 5.41) is 0. The van der Waals surface area contributed by atoms with Gasteiger partial charge in [-0.25, -0.2) is 0 Å². The number of benzene rings is 4. The maximum absolute atomic E-state index is 3.74. The van der Waals surface area contributed by atoms with Crippen molar-refractivity contribution in [2.24, 2.45) is 0 Å². The van der Waals surface area contributed by atoms with Gasteiger partial charge in [0.05, 0.1) is 0 Å². The fourth-order valence-electron chi connectivity index (χ4n) is 6.51. The molecule has 2 nitrogen and oxygen atoms in total. The first kappa shape index (κ1) is 33.9. The lowest BCUT2D eigenvalue weighted by atomic mass is 9.79. The lowest BCUT2D eigenvalue weighted by Crippen LogP contribution is -2.25. The van der Waals surface area contributed by atoms with Crippen LogP contribution in [0.5, 0.6) is 0 Å². The molecule has 0 heterocycles. The number of nitrogens with zero attached hydrogens (tertiary/aromatic N) is 2. The molecule has 5 rings (SSSR count). The second kappa shape index (κ2) is 17.0. The fourth-order valence-corrected chi connectivity index (χ4v) is 6.51. The van der Waals surface area contributed by atoms with Gasteiger partial charge in [-0.2, -0.15) is 0 Å². The minimum absolute atomic E-state index is 0.715. The number of anilines is 2. The molecule has 242 valence electrons. The zero-order valence-electron chi connectivity index (χ0n) is 29.1. The summed E-state index contributed by atoms with van der Waals surface area (Å²) in [6, 6.07) is 35.0. The summed E-state index contributed by atoms with van der Waals surface area (Å²) >= 11 is 0. The SMILES string of the molecule is CCCCN(CCCC)c1ccc(C#CC2(C#Cc3ccc(N(CCCC)CCCC)cc3)c3ccccc3-c3ccccc32)cc1. The second-order valence-electron chi connectivity index (χ2n) is 12.8. The number of hydrogen-bond acceptors (Lipinski definition) is 2. The zero-order valence-corrected chi connectivity index (χ0v) is 29.1. The third-order valence-electron chi connectivity index (χ3n) is 9.33. The van der Waals surface area contributed by atoms with E-state index >= 15 is 0 Å². The molecule has 0 N–H and O–H groups in total. The van der Waals surface area contributed by atoms with Crippen molar-refractivity contribution < 1.29 is 0 Å². The first-order chi connectivity index (χ1) is 23.1. The highest BCUT2D eigenvalue weighted by Crippen LogP contribution is 2.48. The molecule has 4 aromatic carbocycles. The topological polar surface area (TPSA) is 6.48 Å². The van der Waals surface area contributed by atoms with Crippen LogP contribution in [0.1, 0.15) is 101 Å². The van der Waals surface area contributed by atoms with Crippen LogP contribution in [-0.2, 0) is 5.41 Å². The summed E-state index contributed by atoms with van der Waals surface area (Å²) in [7, 11) is 0. The summed E-state index contributed by atoms with van der Waals surface area (Å²) in [6.45, 7) is 13.5. The summed E-state index contributed by atoms with van der Waals surface area (Å²) in [5.74, 6) is 14.7. The molecule has 0 aromatic heterocycles. The highest BCUT2D eigenvalue weighted by Gasteiger charge is 2.40. The van der Waals surface area contributed by atoms with Crippen LogP contribution >= 0.6 is 0 Å². The Morgan fingerprint density at radius 3 is 1.13 bits per heavy atom. The van der Waals surface area contributed by atoms with Crippen LogP contribution in [0.25, 0.3) is 11.1 Å². The number of hydrogen-bond donors (Lipinski definition) is 0. The minimum Gasteiger partial charge on any atom is -0.372 e. The maximum Gasteiger partial charge on any atom is 0.143 e. The van der Waals surface area contributed by atoms with Gasteiger partial charge in [-0.15, -0.1) is 0 Å². The molecular weight excluding hydrogens is 569 g/mol.